The number of ether oxygens (including phenoxy) is 1. The third kappa shape index (κ3) is 6.41. The molecule has 3 N–H and O–H groups in total. The number of allylic oxidation sites excluding steroid dienone is 1. The number of carbonyl (C=O) groups excluding carboxylic acids is 3. The summed E-state index contributed by atoms with van der Waals surface area (Å²) in [6, 6.07) is 13.4. The van der Waals surface area contributed by atoms with Crippen LogP contribution in [0.15, 0.2) is 59.8 Å². The second-order valence-electron chi connectivity index (χ2n) is 8.75. The van der Waals surface area contributed by atoms with E-state index >= 15 is 0 Å². The van der Waals surface area contributed by atoms with Gasteiger partial charge in [0.05, 0.1) is 17.7 Å². The summed E-state index contributed by atoms with van der Waals surface area (Å²) in [4.78, 5) is 40.0. The molecule has 0 spiro atoms. The quantitative estimate of drug-likeness (QED) is 0.430. The van der Waals surface area contributed by atoms with Gasteiger partial charge in [-0.15, -0.1) is 0 Å². The number of rotatable bonds is 8. The lowest BCUT2D eigenvalue weighted by molar-refractivity contribution is -0.143. The normalized spacial score (nSPS) is 15.7. The van der Waals surface area contributed by atoms with Crippen molar-refractivity contribution in [3.8, 4) is 0 Å². The third-order valence-electron chi connectivity index (χ3n) is 5.68. The minimum atomic E-state index is -0.701. The summed E-state index contributed by atoms with van der Waals surface area (Å²) in [6.07, 6.45) is 1.32. The van der Waals surface area contributed by atoms with Crippen LogP contribution in [0.4, 0.5) is 21.0 Å². The SMILES string of the molecule is CCCN1C(=O)NC(c2cccc(NC(=O)Nc3cccc(CC)c3)c2)C(C(=O)OC(C)C)=C1C. The molecule has 1 aliphatic heterocycles. The number of aryl methyl sites for hydroxylation is 1. The maximum absolute atomic E-state index is 13.0. The molecule has 3 rings (SSSR count). The van der Waals surface area contributed by atoms with Crippen LogP contribution in [0.2, 0.25) is 0 Å². The highest BCUT2D eigenvalue weighted by Crippen LogP contribution is 2.32. The fraction of sp³-hybridized carbons (Fsp3) is 0.370. The van der Waals surface area contributed by atoms with Crippen LogP contribution in [-0.4, -0.2) is 35.6 Å². The summed E-state index contributed by atoms with van der Waals surface area (Å²) in [5.74, 6) is -0.476. The van der Waals surface area contributed by atoms with E-state index in [2.05, 4.69) is 22.9 Å². The second-order valence-corrected chi connectivity index (χ2v) is 8.75. The number of nitrogens with zero attached hydrogens (tertiary/aromatic N) is 1. The third-order valence-corrected chi connectivity index (χ3v) is 5.68. The molecule has 4 amide bonds. The summed E-state index contributed by atoms with van der Waals surface area (Å²) in [5.41, 5.74) is 3.97. The molecular formula is C27H34N4O4. The summed E-state index contributed by atoms with van der Waals surface area (Å²) >= 11 is 0. The average Bonchev–Trinajstić information content (AvgIpc) is 2.81. The van der Waals surface area contributed by atoms with Crippen LogP contribution in [0.3, 0.4) is 0 Å². The molecule has 0 radical (unpaired) electrons. The van der Waals surface area contributed by atoms with Crippen LogP contribution >= 0.6 is 0 Å². The Hall–Kier alpha value is -3.81. The first-order valence-corrected chi connectivity index (χ1v) is 12.0. The Morgan fingerprint density at radius 1 is 1.06 bits per heavy atom. The maximum Gasteiger partial charge on any atom is 0.338 e. The van der Waals surface area contributed by atoms with Crippen LogP contribution in [-0.2, 0) is 16.0 Å². The van der Waals surface area contributed by atoms with E-state index in [9.17, 15) is 14.4 Å². The first-order chi connectivity index (χ1) is 16.7. The number of hydrogen-bond acceptors (Lipinski definition) is 4. The largest absolute Gasteiger partial charge is 0.459 e. The lowest BCUT2D eigenvalue weighted by Crippen LogP contribution is -2.48. The van der Waals surface area contributed by atoms with E-state index < -0.39 is 12.0 Å². The molecule has 0 aromatic heterocycles. The van der Waals surface area contributed by atoms with E-state index in [0.29, 0.717) is 34.8 Å². The smallest absolute Gasteiger partial charge is 0.338 e. The predicted octanol–water partition coefficient (Wildman–Crippen LogP) is 5.59. The van der Waals surface area contributed by atoms with Crippen LogP contribution in [0.25, 0.3) is 0 Å². The fourth-order valence-electron chi connectivity index (χ4n) is 4.02. The molecule has 8 nitrogen and oxygen atoms in total. The molecule has 0 saturated heterocycles. The second kappa shape index (κ2) is 11.6. The lowest BCUT2D eigenvalue weighted by Gasteiger charge is -2.35. The van der Waals surface area contributed by atoms with Crippen LogP contribution in [0.5, 0.6) is 0 Å². The van der Waals surface area contributed by atoms with Crippen LogP contribution in [0.1, 0.15) is 58.2 Å². The topological polar surface area (TPSA) is 99.8 Å². The van der Waals surface area contributed by atoms with E-state index in [4.69, 9.17) is 4.74 Å². The van der Waals surface area contributed by atoms with Gasteiger partial charge in [0.25, 0.3) is 0 Å². The zero-order valence-electron chi connectivity index (χ0n) is 21.0. The van der Waals surface area contributed by atoms with Gasteiger partial charge in [-0.05, 0) is 69.0 Å². The molecule has 2 aromatic carbocycles. The standard InChI is InChI=1S/C27H34N4O4/c1-6-14-31-18(5)23(25(32)35-17(3)4)24(30-27(31)34)20-11-9-13-22(16-20)29-26(33)28-21-12-8-10-19(7-2)15-21/h8-13,15-17,24H,6-7,14H2,1-5H3,(H,30,34)(H2,28,29,33). The molecule has 0 bridgehead atoms. The number of carbonyl (C=O) groups is 3. The average molecular weight is 479 g/mol. The Morgan fingerprint density at radius 3 is 2.34 bits per heavy atom. The van der Waals surface area contributed by atoms with Gasteiger partial charge < -0.3 is 20.7 Å². The highest BCUT2D eigenvalue weighted by atomic mass is 16.5. The molecule has 1 heterocycles. The van der Waals surface area contributed by atoms with E-state index in [-0.39, 0.29) is 18.2 Å². The zero-order valence-corrected chi connectivity index (χ0v) is 21.0. The van der Waals surface area contributed by atoms with Gasteiger partial charge in [-0.3, -0.25) is 4.90 Å². The van der Waals surface area contributed by atoms with Crippen molar-refractivity contribution in [3.05, 3.63) is 70.9 Å². The molecule has 0 fully saturated rings. The van der Waals surface area contributed by atoms with Crippen molar-refractivity contribution in [2.75, 3.05) is 17.2 Å². The molecule has 35 heavy (non-hydrogen) atoms. The van der Waals surface area contributed by atoms with Crippen molar-refractivity contribution in [3.63, 3.8) is 0 Å². The number of benzene rings is 2. The molecule has 0 saturated carbocycles. The Morgan fingerprint density at radius 2 is 1.71 bits per heavy atom. The number of hydrogen-bond donors (Lipinski definition) is 3. The van der Waals surface area contributed by atoms with Gasteiger partial charge in [0.15, 0.2) is 0 Å². The monoisotopic (exact) mass is 478 g/mol. The van der Waals surface area contributed by atoms with Crippen LogP contribution in [0, 0.1) is 0 Å². The number of anilines is 2. The van der Waals surface area contributed by atoms with Crippen LogP contribution < -0.4 is 16.0 Å². The van der Waals surface area contributed by atoms with Gasteiger partial charge in [0.2, 0.25) is 0 Å². The molecular weight excluding hydrogens is 444 g/mol. The van der Waals surface area contributed by atoms with Crippen molar-refractivity contribution in [1.82, 2.24) is 10.2 Å². The van der Waals surface area contributed by atoms with Gasteiger partial charge >= 0.3 is 18.0 Å². The molecule has 1 atom stereocenters. The van der Waals surface area contributed by atoms with E-state index in [0.717, 1.165) is 18.4 Å². The van der Waals surface area contributed by atoms with E-state index in [1.807, 2.05) is 37.3 Å². The van der Waals surface area contributed by atoms with Crippen molar-refractivity contribution < 1.29 is 19.1 Å². The van der Waals surface area contributed by atoms with Crippen molar-refractivity contribution in [2.45, 2.75) is 59.6 Å². The molecule has 8 heteroatoms. The minimum Gasteiger partial charge on any atom is -0.459 e. The Balaban J connectivity index is 1.86. The van der Waals surface area contributed by atoms with Gasteiger partial charge in [-0.2, -0.15) is 0 Å². The lowest BCUT2D eigenvalue weighted by atomic mass is 9.94. The number of nitrogens with one attached hydrogen (secondary N) is 3. The highest BCUT2D eigenvalue weighted by molar-refractivity contribution is 6.00. The number of amides is 4. The minimum absolute atomic E-state index is 0.276. The van der Waals surface area contributed by atoms with Gasteiger partial charge in [0.1, 0.15) is 0 Å². The molecule has 0 aliphatic carbocycles. The Kier molecular flexibility index (Phi) is 8.52. The first-order valence-electron chi connectivity index (χ1n) is 12.0. The molecule has 186 valence electrons. The molecule has 1 aliphatic rings. The summed E-state index contributed by atoms with van der Waals surface area (Å²) in [6.45, 7) is 9.85. The van der Waals surface area contributed by atoms with E-state index in [1.165, 1.54) is 0 Å². The zero-order chi connectivity index (χ0) is 25.5. The Bertz CT molecular complexity index is 1130. The van der Waals surface area contributed by atoms with E-state index in [1.54, 1.807) is 43.9 Å². The Labute approximate surface area is 206 Å². The summed E-state index contributed by atoms with van der Waals surface area (Å²) in [7, 11) is 0. The van der Waals surface area contributed by atoms with Crippen molar-refractivity contribution in [2.24, 2.45) is 0 Å². The summed E-state index contributed by atoms with van der Waals surface area (Å²) < 4.78 is 5.50. The van der Waals surface area contributed by atoms with Gasteiger partial charge in [-0.1, -0.05) is 38.1 Å². The maximum atomic E-state index is 13.0. The van der Waals surface area contributed by atoms with Gasteiger partial charge in [-0.25, -0.2) is 14.4 Å². The highest BCUT2D eigenvalue weighted by Gasteiger charge is 2.36. The molecule has 2 aromatic rings. The summed E-state index contributed by atoms with van der Waals surface area (Å²) in [5, 5.41) is 8.60. The van der Waals surface area contributed by atoms with Crippen molar-refractivity contribution in [1.29, 1.82) is 0 Å². The van der Waals surface area contributed by atoms with Crippen molar-refractivity contribution >= 4 is 29.4 Å². The fourth-order valence-corrected chi connectivity index (χ4v) is 4.02. The van der Waals surface area contributed by atoms with Gasteiger partial charge in [0, 0.05) is 23.6 Å². The predicted molar refractivity (Wildman–Crippen MR) is 137 cm³/mol. The molecule has 1 unspecified atom stereocenters. The first kappa shape index (κ1) is 25.8. The number of esters is 1. The number of urea groups is 2.